The van der Waals surface area contributed by atoms with Crippen LogP contribution in [-0.2, 0) is 0 Å². The Balaban J connectivity index is 1.36. The number of rotatable bonds is 6. The molecule has 0 spiro atoms. The zero-order chi connectivity index (χ0) is 20.1. The molecule has 0 heterocycles. The predicted molar refractivity (Wildman–Crippen MR) is 110 cm³/mol. The summed E-state index contributed by atoms with van der Waals surface area (Å²) in [5, 5.41) is 0. The molecule has 2 nitrogen and oxygen atoms in total. The predicted octanol–water partition coefficient (Wildman–Crippen LogP) is 7.70. The van der Waals surface area contributed by atoms with E-state index in [1.54, 1.807) is 36.0 Å². The van der Waals surface area contributed by atoms with Crippen molar-refractivity contribution in [1.82, 2.24) is 0 Å². The first-order chi connectivity index (χ1) is 14.1. The average molecular weight is 406 g/mol. The van der Waals surface area contributed by atoms with Crippen LogP contribution < -0.4 is 9.47 Å². The molecule has 29 heavy (non-hydrogen) atoms. The highest BCUT2D eigenvalue weighted by Crippen LogP contribution is 2.32. The van der Waals surface area contributed by atoms with Crippen molar-refractivity contribution >= 4 is 11.8 Å². The number of halogens is 2. The van der Waals surface area contributed by atoms with Gasteiger partial charge in [0, 0.05) is 9.79 Å². The lowest BCUT2D eigenvalue weighted by molar-refractivity contribution is 0.480. The Labute approximate surface area is 171 Å². The van der Waals surface area contributed by atoms with E-state index in [4.69, 9.17) is 9.47 Å². The van der Waals surface area contributed by atoms with Crippen LogP contribution in [0.2, 0.25) is 0 Å². The normalized spacial score (nSPS) is 10.6. The Kier molecular flexibility index (Phi) is 5.77. The molecule has 0 N–H and O–H groups in total. The van der Waals surface area contributed by atoms with E-state index in [0.29, 0.717) is 23.0 Å². The lowest BCUT2D eigenvalue weighted by Gasteiger charge is -2.08. The van der Waals surface area contributed by atoms with Crippen LogP contribution in [0.3, 0.4) is 0 Å². The number of benzene rings is 4. The van der Waals surface area contributed by atoms with E-state index in [1.165, 1.54) is 24.3 Å². The SMILES string of the molecule is Fc1ccc(Oc2ccc(Sc3ccc(Oc4ccc(F)cc4)cc3)cc2)cc1. The van der Waals surface area contributed by atoms with E-state index >= 15 is 0 Å². The zero-order valence-electron chi connectivity index (χ0n) is 15.2. The van der Waals surface area contributed by atoms with Gasteiger partial charge in [0.25, 0.3) is 0 Å². The van der Waals surface area contributed by atoms with Crippen molar-refractivity contribution in [2.24, 2.45) is 0 Å². The van der Waals surface area contributed by atoms with Crippen molar-refractivity contribution in [2.75, 3.05) is 0 Å². The molecule has 0 aromatic heterocycles. The monoisotopic (exact) mass is 406 g/mol. The van der Waals surface area contributed by atoms with Gasteiger partial charge >= 0.3 is 0 Å². The standard InChI is InChI=1S/C24H16F2O2S/c25-17-1-5-19(6-2-17)27-21-9-13-23(14-10-21)29-24-15-11-22(12-16-24)28-20-7-3-18(26)4-8-20/h1-16H. The van der Waals surface area contributed by atoms with E-state index < -0.39 is 0 Å². The Hall–Kier alpha value is -3.31. The molecule has 0 aliphatic carbocycles. The number of hydrogen-bond acceptors (Lipinski definition) is 3. The minimum Gasteiger partial charge on any atom is -0.457 e. The molecule has 0 atom stereocenters. The summed E-state index contributed by atoms with van der Waals surface area (Å²) in [7, 11) is 0. The van der Waals surface area contributed by atoms with Gasteiger partial charge in [-0.2, -0.15) is 0 Å². The van der Waals surface area contributed by atoms with Crippen LogP contribution in [-0.4, -0.2) is 0 Å². The maximum atomic E-state index is 13.0. The fourth-order valence-electron chi connectivity index (χ4n) is 2.56. The van der Waals surface area contributed by atoms with Crippen molar-refractivity contribution in [3.8, 4) is 23.0 Å². The summed E-state index contributed by atoms with van der Waals surface area (Å²) in [5.41, 5.74) is 0. The second-order valence-corrected chi connectivity index (χ2v) is 7.30. The lowest BCUT2D eigenvalue weighted by Crippen LogP contribution is -1.85. The van der Waals surface area contributed by atoms with Gasteiger partial charge in [0.2, 0.25) is 0 Å². The van der Waals surface area contributed by atoms with E-state index in [9.17, 15) is 8.78 Å². The van der Waals surface area contributed by atoms with Crippen molar-refractivity contribution in [3.05, 3.63) is 109 Å². The second kappa shape index (κ2) is 8.80. The van der Waals surface area contributed by atoms with Gasteiger partial charge < -0.3 is 9.47 Å². The molecule has 0 bridgehead atoms. The molecular weight excluding hydrogens is 390 g/mol. The molecule has 4 rings (SSSR count). The number of ether oxygens (including phenoxy) is 2. The third-order valence-electron chi connectivity index (χ3n) is 3.98. The Morgan fingerprint density at radius 3 is 1.00 bits per heavy atom. The van der Waals surface area contributed by atoms with Gasteiger partial charge in [-0.15, -0.1) is 0 Å². The van der Waals surface area contributed by atoms with E-state index in [1.807, 2.05) is 48.5 Å². The topological polar surface area (TPSA) is 18.5 Å². The minimum absolute atomic E-state index is 0.293. The first-order valence-corrected chi connectivity index (χ1v) is 9.70. The summed E-state index contributed by atoms with van der Waals surface area (Å²) in [6.45, 7) is 0. The second-order valence-electron chi connectivity index (χ2n) is 6.16. The molecule has 144 valence electrons. The Bertz CT molecular complexity index is 973. The minimum atomic E-state index is -0.293. The van der Waals surface area contributed by atoms with Crippen LogP contribution in [0.5, 0.6) is 23.0 Å². The highest BCUT2D eigenvalue weighted by atomic mass is 32.2. The molecular formula is C24H16F2O2S. The summed E-state index contributed by atoms with van der Waals surface area (Å²) in [4.78, 5) is 2.12. The fourth-order valence-corrected chi connectivity index (χ4v) is 3.38. The first-order valence-electron chi connectivity index (χ1n) is 8.89. The lowest BCUT2D eigenvalue weighted by atomic mass is 10.3. The van der Waals surface area contributed by atoms with E-state index in [0.717, 1.165) is 9.79 Å². The molecule has 0 unspecified atom stereocenters. The average Bonchev–Trinajstić information content (AvgIpc) is 2.74. The van der Waals surface area contributed by atoms with Crippen LogP contribution in [0, 0.1) is 11.6 Å². The third kappa shape index (κ3) is 5.36. The van der Waals surface area contributed by atoms with Gasteiger partial charge in [-0.3, -0.25) is 0 Å². The quantitative estimate of drug-likeness (QED) is 0.327. The Morgan fingerprint density at radius 2 is 0.690 bits per heavy atom. The van der Waals surface area contributed by atoms with Crippen molar-refractivity contribution in [1.29, 1.82) is 0 Å². The smallest absolute Gasteiger partial charge is 0.127 e. The highest BCUT2D eigenvalue weighted by molar-refractivity contribution is 7.99. The highest BCUT2D eigenvalue weighted by Gasteiger charge is 2.03. The summed E-state index contributed by atoms with van der Waals surface area (Å²) < 4.78 is 37.3. The molecule has 4 aromatic rings. The molecule has 0 saturated heterocycles. The van der Waals surface area contributed by atoms with Crippen molar-refractivity contribution in [2.45, 2.75) is 9.79 Å². The van der Waals surface area contributed by atoms with Crippen LogP contribution in [0.15, 0.2) is 107 Å². The van der Waals surface area contributed by atoms with Crippen LogP contribution >= 0.6 is 11.8 Å². The maximum absolute atomic E-state index is 13.0. The third-order valence-corrected chi connectivity index (χ3v) is 5.00. The van der Waals surface area contributed by atoms with Crippen LogP contribution in [0.4, 0.5) is 8.78 Å². The van der Waals surface area contributed by atoms with Crippen molar-refractivity contribution in [3.63, 3.8) is 0 Å². The first kappa shape index (κ1) is 19.0. The molecule has 0 aliphatic heterocycles. The molecule has 4 aromatic carbocycles. The van der Waals surface area contributed by atoms with E-state index in [2.05, 4.69) is 0 Å². The molecule has 0 aliphatic rings. The molecule has 0 saturated carbocycles. The van der Waals surface area contributed by atoms with Gasteiger partial charge in [-0.25, -0.2) is 8.78 Å². The summed E-state index contributed by atoms with van der Waals surface area (Å²) in [5.74, 6) is 1.96. The van der Waals surface area contributed by atoms with Gasteiger partial charge in [-0.05, 0) is 97.1 Å². The zero-order valence-corrected chi connectivity index (χ0v) is 16.0. The maximum Gasteiger partial charge on any atom is 0.127 e. The van der Waals surface area contributed by atoms with Gasteiger partial charge in [0.05, 0.1) is 0 Å². The number of hydrogen-bond donors (Lipinski definition) is 0. The summed E-state index contributed by atoms with van der Waals surface area (Å²) in [6, 6.07) is 27.2. The summed E-state index contributed by atoms with van der Waals surface area (Å²) >= 11 is 1.61. The molecule has 0 fully saturated rings. The van der Waals surface area contributed by atoms with E-state index in [-0.39, 0.29) is 11.6 Å². The van der Waals surface area contributed by atoms with Gasteiger partial charge in [-0.1, -0.05) is 11.8 Å². The largest absolute Gasteiger partial charge is 0.457 e. The summed E-state index contributed by atoms with van der Waals surface area (Å²) in [6.07, 6.45) is 0. The molecule has 5 heteroatoms. The van der Waals surface area contributed by atoms with Crippen LogP contribution in [0.1, 0.15) is 0 Å². The van der Waals surface area contributed by atoms with Crippen molar-refractivity contribution < 1.29 is 18.3 Å². The molecule has 0 radical (unpaired) electrons. The molecule has 0 amide bonds. The van der Waals surface area contributed by atoms with Gasteiger partial charge in [0.15, 0.2) is 0 Å². The van der Waals surface area contributed by atoms with Gasteiger partial charge in [0.1, 0.15) is 34.6 Å². The van der Waals surface area contributed by atoms with Crippen LogP contribution in [0.25, 0.3) is 0 Å². The Morgan fingerprint density at radius 1 is 0.414 bits per heavy atom. The fraction of sp³-hybridized carbons (Fsp3) is 0.